The molecule has 3 aromatic rings. The molecule has 0 unspecified atom stereocenters. The van der Waals surface area contributed by atoms with Gasteiger partial charge in [-0.1, -0.05) is 30.0 Å². The molecule has 10 heteroatoms. The molecule has 0 saturated heterocycles. The van der Waals surface area contributed by atoms with E-state index < -0.39 is 0 Å². The van der Waals surface area contributed by atoms with E-state index in [0.29, 0.717) is 22.7 Å². The van der Waals surface area contributed by atoms with Crippen molar-refractivity contribution in [1.82, 2.24) is 19.7 Å². The number of nitrogens with zero attached hydrogens (tertiary/aromatic N) is 4. The summed E-state index contributed by atoms with van der Waals surface area (Å²) >= 11 is 2.69. The van der Waals surface area contributed by atoms with Crippen LogP contribution >= 0.6 is 23.1 Å². The minimum atomic E-state index is -0.389. The third kappa shape index (κ3) is 5.64. The van der Waals surface area contributed by atoms with Crippen LogP contribution in [0.5, 0.6) is 0 Å². The third-order valence-electron chi connectivity index (χ3n) is 3.99. The zero-order valence-corrected chi connectivity index (χ0v) is 18.0. The SMILES string of the molecule is CCn1c(CC(=O)Nc2ccccc2)nnc1S[C@H](C)C(=O)Nc1nc(C)cs1. The normalized spacial score (nSPS) is 11.8. The Bertz CT molecular complexity index is 986. The fourth-order valence-electron chi connectivity index (χ4n) is 2.55. The van der Waals surface area contributed by atoms with Gasteiger partial charge in [0.15, 0.2) is 10.3 Å². The molecular weight excluding hydrogens is 408 g/mol. The maximum absolute atomic E-state index is 12.4. The number of para-hydroxylation sites is 1. The zero-order chi connectivity index (χ0) is 20.8. The first kappa shape index (κ1) is 21.0. The molecule has 29 heavy (non-hydrogen) atoms. The predicted octanol–water partition coefficient (Wildman–Crippen LogP) is 3.36. The highest BCUT2D eigenvalue weighted by Crippen LogP contribution is 2.24. The number of benzene rings is 1. The summed E-state index contributed by atoms with van der Waals surface area (Å²) < 4.78 is 1.85. The van der Waals surface area contributed by atoms with Gasteiger partial charge in [0.25, 0.3) is 0 Å². The molecule has 0 fully saturated rings. The second-order valence-corrected chi connectivity index (χ2v) is 8.44. The monoisotopic (exact) mass is 430 g/mol. The van der Waals surface area contributed by atoms with E-state index in [1.807, 2.05) is 54.1 Å². The average Bonchev–Trinajstić information content (AvgIpc) is 3.27. The second kappa shape index (κ2) is 9.66. The molecule has 0 bridgehead atoms. The van der Waals surface area contributed by atoms with E-state index in [9.17, 15) is 9.59 Å². The Morgan fingerprint density at radius 3 is 2.62 bits per heavy atom. The van der Waals surface area contributed by atoms with Crippen LogP contribution in [0.3, 0.4) is 0 Å². The molecule has 2 aromatic heterocycles. The number of carbonyl (C=O) groups is 2. The highest BCUT2D eigenvalue weighted by atomic mass is 32.2. The number of aryl methyl sites for hydroxylation is 1. The molecule has 1 aromatic carbocycles. The van der Waals surface area contributed by atoms with E-state index in [4.69, 9.17) is 0 Å². The van der Waals surface area contributed by atoms with Gasteiger partial charge in [-0.25, -0.2) is 4.98 Å². The van der Waals surface area contributed by atoms with Gasteiger partial charge in [-0.2, -0.15) is 0 Å². The molecule has 3 rings (SSSR count). The number of hydrogen-bond acceptors (Lipinski definition) is 7. The minimum Gasteiger partial charge on any atom is -0.326 e. The fourth-order valence-corrected chi connectivity index (χ4v) is 4.18. The lowest BCUT2D eigenvalue weighted by molar-refractivity contribution is -0.116. The van der Waals surface area contributed by atoms with Gasteiger partial charge in [0.2, 0.25) is 11.8 Å². The van der Waals surface area contributed by atoms with Crippen LogP contribution in [0.15, 0.2) is 40.9 Å². The fraction of sp³-hybridized carbons (Fsp3) is 0.316. The van der Waals surface area contributed by atoms with Crippen LogP contribution in [0.4, 0.5) is 10.8 Å². The number of amides is 2. The summed E-state index contributed by atoms with van der Waals surface area (Å²) in [6.45, 7) is 6.23. The van der Waals surface area contributed by atoms with Gasteiger partial charge >= 0.3 is 0 Å². The summed E-state index contributed by atoms with van der Waals surface area (Å²) in [5.74, 6) is 0.241. The summed E-state index contributed by atoms with van der Waals surface area (Å²) in [6.07, 6.45) is 0.106. The van der Waals surface area contributed by atoms with Gasteiger partial charge in [0.05, 0.1) is 17.4 Å². The first-order chi connectivity index (χ1) is 14.0. The standard InChI is InChI=1S/C19H22N6O2S2/c1-4-25-15(10-16(26)21-14-8-6-5-7-9-14)23-24-19(25)29-13(3)17(27)22-18-20-12(2)11-28-18/h5-9,11,13H,4,10H2,1-3H3,(H,21,26)(H,20,22,27)/t13-/m1/s1. The van der Waals surface area contributed by atoms with Crippen LogP contribution in [-0.4, -0.2) is 36.8 Å². The van der Waals surface area contributed by atoms with Crippen molar-refractivity contribution in [2.75, 3.05) is 10.6 Å². The minimum absolute atomic E-state index is 0.106. The number of aromatic nitrogens is 4. The van der Waals surface area contributed by atoms with Crippen molar-refractivity contribution in [2.24, 2.45) is 0 Å². The van der Waals surface area contributed by atoms with Crippen molar-refractivity contribution < 1.29 is 9.59 Å². The smallest absolute Gasteiger partial charge is 0.239 e. The molecule has 0 saturated carbocycles. The van der Waals surface area contributed by atoms with E-state index in [1.165, 1.54) is 23.1 Å². The van der Waals surface area contributed by atoms with Crippen molar-refractivity contribution in [1.29, 1.82) is 0 Å². The molecule has 2 N–H and O–H groups in total. The molecule has 0 aliphatic carbocycles. The number of thioether (sulfide) groups is 1. The molecule has 0 spiro atoms. The zero-order valence-electron chi connectivity index (χ0n) is 16.4. The van der Waals surface area contributed by atoms with Crippen LogP contribution in [0.1, 0.15) is 25.4 Å². The molecule has 0 radical (unpaired) electrons. The molecule has 2 heterocycles. The molecule has 0 aliphatic heterocycles. The van der Waals surface area contributed by atoms with Crippen LogP contribution < -0.4 is 10.6 Å². The quantitative estimate of drug-likeness (QED) is 0.531. The Hall–Kier alpha value is -2.72. The first-order valence-electron chi connectivity index (χ1n) is 9.13. The summed E-state index contributed by atoms with van der Waals surface area (Å²) in [4.78, 5) is 29.0. The Morgan fingerprint density at radius 1 is 1.21 bits per heavy atom. The van der Waals surface area contributed by atoms with Crippen molar-refractivity contribution in [3.8, 4) is 0 Å². The van der Waals surface area contributed by atoms with Gasteiger partial charge in [-0.3, -0.25) is 9.59 Å². The predicted molar refractivity (Wildman–Crippen MR) is 115 cm³/mol. The number of hydrogen-bond donors (Lipinski definition) is 2. The number of thiazole rings is 1. The highest BCUT2D eigenvalue weighted by molar-refractivity contribution is 8.00. The molecule has 8 nitrogen and oxygen atoms in total. The van der Waals surface area contributed by atoms with Gasteiger partial charge in [0, 0.05) is 17.6 Å². The summed E-state index contributed by atoms with van der Waals surface area (Å²) in [5, 5.41) is 16.7. The lowest BCUT2D eigenvalue weighted by Crippen LogP contribution is -2.23. The molecule has 1 atom stereocenters. The van der Waals surface area contributed by atoms with E-state index in [2.05, 4.69) is 25.8 Å². The van der Waals surface area contributed by atoms with Crippen molar-refractivity contribution in [3.05, 3.63) is 47.2 Å². The Balaban J connectivity index is 1.62. The molecule has 152 valence electrons. The van der Waals surface area contributed by atoms with Crippen LogP contribution in [-0.2, 0) is 22.6 Å². The number of rotatable bonds is 8. The van der Waals surface area contributed by atoms with E-state index in [0.717, 1.165) is 11.4 Å². The van der Waals surface area contributed by atoms with Crippen molar-refractivity contribution in [3.63, 3.8) is 0 Å². The van der Waals surface area contributed by atoms with Crippen LogP contribution in [0.2, 0.25) is 0 Å². The summed E-state index contributed by atoms with van der Waals surface area (Å²) in [5.41, 5.74) is 1.60. The lowest BCUT2D eigenvalue weighted by Gasteiger charge is -2.11. The van der Waals surface area contributed by atoms with Gasteiger partial charge in [-0.05, 0) is 32.9 Å². The van der Waals surface area contributed by atoms with Gasteiger partial charge in [-0.15, -0.1) is 21.5 Å². The largest absolute Gasteiger partial charge is 0.326 e. The number of nitrogens with one attached hydrogen (secondary N) is 2. The Labute approximate surface area is 177 Å². The third-order valence-corrected chi connectivity index (χ3v) is 5.94. The molecule has 2 amide bonds. The number of anilines is 2. The van der Waals surface area contributed by atoms with Crippen molar-refractivity contribution >= 4 is 45.7 Å². The van der Waals surface area contributed by atoms with E-state index >= 15 is 0 Å². The lowest BCUT2D eigenvalue weighted by atomic mass is 10.3. The maximum atomic E-state index is 12.4. The van der Waals surface area contributed by atoms with Crippen LogP contribution in [0.25, 0.3) is 0 Å². The molecule has 0 aliphatic rings. The average molecular weight is 431 g/mol. The Kier molecular flexibility index (Phi) is 6.99. The van der Waals surface area contributed by atoms with Crippen LogP contribution in [0, 0.1) is 6.92 Å². The van der Waals surface area contributed by atoms with E-state index in [1.54, 1.807) is 6.92 Å². The van der Waals surface area contributed by atoms with Crippen molar-refractivity contribution in [2.45, 2.75) is 44.1 Å². The highest BCUT2D eigenvalue weighted by Gasteiger charge is 2.21. The number of carbonyl (C=O) groups excluding carboxylic acids is 2. The molecular formula is C19H22N6O2S2. The summed E-state index contributed by atoms with van der Waals surface area (Å²) in [7, 11) is 0. The second-order valence-electron chi connectivity index (χ2n) is 6.28. The van der Waals surface area contributed by atoms with Gasteiger partial charge in [0.1, 0.15) is 5.82 Å². The maximum Gasteiger partial charge on any atom is 0.239 e. The Morgan fingerprint density at radius 2 is 1.97 bits per heavy atom. The first-order valence-corrected chi connectivity index (χ1v) is 10.9. The van der Waals surface area contributed by atoms with E-state index in [-0.39, 0.29) is 23.5 Å². The summed E-state index contributed by atoms with van der Waals surface area (Å²) in [6, 6.07) is 9.26. The topological polar surface area (TPSA) is 102 Å². The van der Waals surface area contributed by atoms with Gasteiger partial charge < -0.3 is 15.2 Å².